The highest BCUT2D eigenvalue weighted by Gasteiger charge is 2.27. The van der Waals surface area contributed by atoms with Gasteiger partial charge in [-0.1, -0.05) is 18.7 Å². The number of nitrogens with zero attached hydrogens (tertiary/aromatic N) is 2. The minimum absolute atomic E-state index is 0. The second-order valence-electron chi connectivity index (χ2n) is 7.20. The summed E-state index contributed by atoms with van der Waals surface area (Å²) in [5.41, 5.74) is 0.552. The SMILES string of the molecule is CC(Sc1ncccc1C(=O)NC1CNCCC1C)C(=O)N1CCCC1.Cl.Cl. The van der Waals surface area contributed by atoms with Crippen molar-refractivity contribution in [1.82, 2.24) is 20.5 Å². The molecule has 0 spiro atoms. The van der Waals surface area contributed by atoms with E-state index in [4.69, 9.17) is 0 Å². The second kappa shape index (κ2) is 11.9. The number of thioether (sulfide) groups is 1. The van der Waals surface area contributed by atoms with Crippen LogP contribution >= 0.6 is 36.6 Å². The molecule has 3 heterocycles. The van der Waals surface area contributed by atoms with Gasteiger partial charge in [0.2, 0.25) is 5.91 Å². The average Bonchev–Trinajstić information content (AvgIpc) is 3.18. The second-order valence-corrected chi connectivity index (χ2v) is 8.53. The van der Waals surface area contributed by atoms with E-state index in [-0.39, 0.29) is 47.9 Å². The lowest BCUT2D eigenvalue weighted by atomic mass is 9.94. The minimum Gasteiger partial charge on any atom is -0.348 e. The van der Waals surface area contributed by atoms with Crippen LogP contribution in [0.4, 0.5) is 0 Å². The molecule has 3 atom stereocenters. The normalized spacial score (nSPS) is 22.6. The number of carbonyl (C=O) groups is 2. The van der Waals surface area contributed by atoms with E-state index >= 15 is 0 Å². The average molecular weight is 449 g/mol. The molecule has 0 saturated carbocycles. The molecule has 2 amide bonds. The summed E-state index contributed by atoms with van der Waals surface area (Å²) < 4.78 is 0. The maximum Gasteiger partial charge on any atom is 0.254 e. The number of piperidine rings is 1. The fourth-order valence-corrected chi connectivity index (χ4v) is 4.49. The molecular weight excluding hydrogens is 419 g/mol. The zero-order valence-corrected chi connectivity index (χ0v) is 18.8. The van der Waals surface area contributed by atoms with Gasteiger partial charge in [0.05, 0.1) is 10.8 Å². The third-order valence-electron chi connectivity index (χ3n) is 5.21. The van der Waals surface area contributed by atoms with Gasteiger partial charge in [-0.05, 0) is 50.8 Å². The Morgan fingerprint density at radius 3 is 2.71 bits per heavy atom. The Morgan fingerprint density at radius 2 is 2.04 bits per heavy atom. The van der Waals surface area contributed by atoms with Crippen LogP contribution in [-0.2, 0) is 4.79 Å². The Balaban J connectivity index is 0.00000196. The zero-order chi connectivity index (χ0) is 18.5. The number of hydrogen-bond donors (Lipinski definition) is 2. The highest BCUT2D eigenvalue weighted by atomic mass is 35.5. The summed E-state index contributed by atoms with van der Waals surface area (Å²) in [6.45, 7) is 7.53. The van der Waals surface area contributed by atoms with E-state index in [1.807, 2.05) is 11.8 Å². The van der Waals surface area contributed by atoms with E-state index in [0.717, 1.165) is 45.4 Å². The van der Waals surface area contributed by atoms with Gasteiger partial charge in [0.25, 0.3) is 5.91 Å². The predicted molar refractivity (Wildman–Crippen MR) is 118 cm³/mol. The molecule has 2 aliphatic heterocycles. The fraction of sp³-hybridized carbons (Fsp3) is 0.632. The lowest BCUT2D eigenvalue weighted by Gasteiger charge is -2.30. The largest absolute Gasteiger partial charge is 0.348 e. The molecule has 3 unspecified atom stereocenters. The Kier molecular flexibility index (Phi) is 10.6. The first-order valence-corrected chi connectivity index (χ1v) is 10.4. The predicted octanol–water partition coefficient (Wildman–Crippen LogP) is 2.76. The van der Waals surface area contributed by atoms with Crippen LogP contribution in [0.1, 0.15) is 43.5 Å². The van der Waals surface area contributed by atoms with Gasteiger partial charge in [-0.3, -0.25) is 9.59 Å². The number of halogens is 2. The van der Waals surface area contributed by atoms with Gasteiger partial charge in [-0.2, -0.15) is 0 Å². The molecule has 0 aromatic carbocycles. The van der Waals surface area contributed by atoms with Crippen molar-refractivity contribution >= 4 is 48.4 Å². The summed E-state index contributed by atoms with van der Waals surface area (Å²) in [5, 5.41) is 6.84. The van der Waals surface area contributed by atoms with Crippen LogP contribution in [0.5, 0.6) is 0 Å². The molecule has 3 rings (SSSR count). The van der Waals surface area contributed by atoms with Gasteiger partial charge in [-0.15, -0.1) is 24.8 Å². The van der Waals surface area contributed by atoms with Gasteiger partial charge in [-0.25, -0.2) is 4.98 Å². The first-order valence-electron chi connectivity index (χ1n) is 9.48. The van der Waals surface area contributed by atoms with Gasteiger partial charge in [0, 0.05) is 31.9 Å². The summed E-state index contributed by atoms with van der Waals surface area (Å²) in [4.78, 5) is 31.6. The van der Waals surface area contributed by atoms with E-state index in [1.165, 1.54) is 11.8 Å². The summed E-state index contributed by atoms with van der Waals surface area (Å²) in [6.07, 6.45) is 4.89. The number of rotatable bonds is 5. The number of hydrogen-bond acceptors (Lipinski definition) is 5. The van der Waals surface area contributed by atoms with Crippen molar-refractivity contribution in [2.75, 3.05) is 26.2 Å². The number of pyridine rings is 1. The lowest BCUT2D eigenvalue weighted by molar-refractivity contribution is -0.129. The standard InChI is InChI=1S/C19H28N4O2S.2ClH/c1-13-7-9-20-12-16(13)22-17(24)15-6-5-8-21-18(15)26-14(2)19(25)23-10-3-4-11-23;;/h5-6,8,13-14,16,20H,3-4,7,9-12H2,1-2H3,(H,22,24);2*1H. The molecule has 0 aliphatic carbocycles. The van der Waals surface area contributed by atoms with Crippen molar-refractivity contribution in [2.24, 2.45) is 5.92 Å². The number of aromatic nitrogens is 1. The molecule has 6 nitrogen and oxygen atoms in total. The van der Waals surface area contributed by atoms with Crippen LogP contribution in [0, 0.1) is 5.92 Å². The van der Waals surface area contributed by atoms with Crippen molar-refractivity contribution in [3.05, 3.63) is 23.9 Å². The van der Waals surface area contributed by atoms with Gasteiger partial charge in [0.15, 0.2) is 0 Å². The molecule has 0 bridgehead atoms. The minimum atomic E-state index is -0.246. The van der Waals surface area contributed by atoms with Crippen molar-refractivity contribution in [1.29, 1.82) is 0 Å². The molecule has 2 saturated heterocycles. The van der Waals surface area contributed by atoms with Gasteiger partial charge >= 0.3 is 0 Å². The topological polar surface area (TPSA) is 74.3 Å². The number of nitrogens with one attached hydrogen (secondary N) is 2. The van der Waals surface area contributed by atoms with E-state index in [1.54, 1.807) is 18.3 Å². The number of amides is 2. The van der Waals surface area contributed by atoms with Crippen LogP contribution < -0.4 is 10.6 Å². The van der Waals surface area contributed by atoms with Crippen molar-refractivity contribution < 1.29 is 9.59 Å². The Hall–Kier alpha value is -1.02. The highest BCUT2D eigenvalue weighted by Crippen LogP contribution is 2.27. The van der Waals surface area contributed by atoms with Gasteiger partial charge in [0.1, 0.15) is 5.03 Å². The highest BCUT2D eigenvalue weighted by molar-refractivity contribution is 8.00. The van der Waals surface area contributed by atoms with E-state index in [0.29, 0.717) is 16.5 Å². The third-order valence-corrected chi connectivity index (χ3v) is 6.32. The van der Waals surface area contributed by atoms with Crippen LogP contribution in [0.2, 0.25) is 0 Å². The third kappa shape index (κ3) is 6.24. The maximum atomic E-state index is 12.8. The Labute approximate surface area is 183 Å². The van der Waals surface area contributed by atoms with E-state index in [9.17, 15) is 9.59 Å². The van der Waals surface area contributed by atoms with Crippen LogP contribution in [-0.4, -0.2) is 59.2 Å². The van der Waals surface area contributed by atoms with Crippen molar-refractivity contribution in [2.45, 2.75) is 49.4 Å². The lowest BCUT2D eigenvalue weighted by Crippen LogP contribution is -2.50. The van der Waals surface area contributed by atoms with Gasteiger partial charge < -0.3 is 15.5 Å². The van der Waals surface area contributed by atoms with Crippen LogP contribution in [0.25, 0.3) is 0 Å². The van der Waals surface area contributed by atoms with Crippen LogP contribution in [0.3, 0.4) is 0 Å². The van der Waals surface area contributed by atoms with Crippen molar-refractivity contribution in [3.63, 3.8) is 0 Å². The Bertz CT molecular complexity index is 659. The molecule has 2 aliphatic rings. The molecule has 158 valence electrons. The molecular formula is C19H30Cl2N4O2S. The summed E-state index contributed by atoms with van der Waals surface area (Å²) >= 11 is 1.38. The molecule has 1 aromatic rings. The summed E-state index contributed by atoms with van der Waals surface area (Å²) in [6, 6.07) is 3.69. The quantitative estimate of drug-likeness (QED) is 0.677. The molecule has 9 heteroatoms. The first kappa shape index (κ1) is 25.0. The molecule has 1 aromatic heterocycles. The number of likely N-dealkylation sites (tertiary alicyclic amines) is 1. The monoisotopic (exact) mass is 448 g/mol. The molecule has 2 N–H and O–H groups in total. The van der Waals surface area contributed by atoms with Crippen molar-refractivity contribution in [3.8, 4) is 0 Å². The number of carbonyl (C=O) groups excluding carboxylic acids is 2. The summed E-state index contributed by atoms with van der Waals surface area (Å²) in [7, 11) is 0. The maximum absolute atomic E-state index is 12.8. The molecule has 28 heavy (non-hydrogen) atoms. The molecule has 0 radical (unpaired) electrons. The van der Waals surface area contributed by atoms with Crippen LogP contribution in [0.15, 0.2) is 23.4 Å². The van der Waals surface area contributed by atoms with E-state index in [2.05, 4.69) is 22.5 Å². The smallest absolute Gasteiger partial charge is 0.254 e. The first-order chi connectivity index (χ1) is 12.6. The fourth-order valence-electron chi connectivity index (χ4n) is 3.50. The summed E-state index contributed by atoms with van der Waals surface area (Å²) in [5.74, 6) is 0.472. The zero-order valence-electron chi connectivity index (χ0n) is 16.3. The molecule has 2 fully saturated rings. The van der Waals surface area contributed by atoms with E-state index < -0.39 is 0 Å². The Morgan fingerprint density at radius 1 is 1.32 bits per heavy atom.